The number of carbonyl (C=O) groups is 2. The lowest BCUT2D eigenvalue weighted by molar-refractivity contribution is -0.147. The Morgan fingerprint density at radius 1 is 1.07 bits per heavy atom. The Morgan fingerprint density at radius 3 is 2.49 bits per heavy atom. The van der Waals surface area contributed by atoms with Gasteiger partial charge in [0.15, 0.2) is 5.11 Å². The van der Waals surface area contributed by atoms with Crippen molar-refractivity contribution in [2.24, 2.45) is 0 Å². The summed E-state index contributed by atoms with van der Waals surface area (Å²) in [7, 11) is 3.07. The van der Waals surface area contributed by atoms with Crippen molar-refractivity contribution in [1.29, 1.82) is 0 Å². The number of ether oxygens (including phenoxy) is 2. The highest BCUT2D eigenvalue weighted by Gasteiger charge is 2.48. The highest BCUT2D eigenvalue weighted by atomic mass is 32.2. The average molecular weight is 623 g/mol. The number of nitrogens with zero attached hydrogens (tertiary/aromatic N) is 2. The summed E-state index contributed by atoms with van der Waals surface area (Å²) >= 11 is 7.35. The van der Waals surface area contributed by atoms with Crippen molar-refractivity contribution < 1.29 is 23.5 Å². The third-order valence-electron chi connectivity index (χ3n) is 8.02. The zero-order chi connectivity index (χ0) is 30.4. The zero-order valence-corrected chi connectivity index (χ0v) is 25.8. The molecule has 43 heavy (non-hydrogen) atoms. The average Bonchev–Trinajstić information content (AvgIpc) is 3.40. The van der Waals surface area contributed by atoms with Gasteiger partial charge in [0.25, 0.3) is 5.91 Å². The number of thioether (sulfide) groups is 1. The number of benzene rings is 3. The van der Waals surface area contributed by atoms with E-state index in [1.54, 1.807) is 60.2 Å². The summed E-state index contributed by atoms with van der Waals surface area (Å²) in [5.74, 6) is 1.29. The number of thiocarbonyl (C=S) groups is 1. The minimum Gasteiger partial charge on any atom is -0.497 e. The molecule has 3 aromatic rings. The SMILES string of the molecule is COc1ccc(NC(=O)C2(N(Cc3ccccc3F)C(=O)CN3CC(c4ccccc4)NC3=S)CCSCC2)c(OC)c1. The van der Waals surface area contributed by atoms with Crippen molar-refractivity contribution in [2.75, 3.05) is 44.1 Å². The van der Waals surface area contributed by atoms with E-state index in [0.717, 1.165) is 5.56 Å². The topological polar surface area (TPSA) is 83.1 Å². The van der Waals surface area contributed by atoms with Crippen LogP contribution in [0.1, 0.15) is 30.0 Å². The van der Waals surface area contributed by atoms with Crippen molar-refractivity contribution in [2.45, 2.75) is 31.0 Å². The molecule has 1 atom stereocenters. The molecule has 0 aliphatic carbocycles. The zero-order valence-electron chi connectivity index (χ0n) is 24.2. The second-order valence-corrected chi connectivity index (χ2v) is 12.1. The van der Waals surface area contributed by atoms with E-state index in [1.165, 1.54) is 13.2 Å². The number of halogens is 1. The lowest BCUT2D eigenvalue weighted by atomic mass is 9.87. The molecule has 3 aromatic carbocycles. The van der Waals surface area contributed by atoms with Crippen LogP contribution in [0.5, 0.6) is 11.5 Å². The van der Waals surface area contributed by atoms with Gasteiger partial charge in [-0.25, -0.2) is 4.39 Å². The molecule has 8 nitrogen and oxygen atoms in total. The van der Waals surface area contributed by atoms with Crippen LogP contribution in [0.2, 0.25) is 0 Å². The number of anilines is 1. The summed E-state index contributed by atoms with van der Waals surface area (Å²) in [5, 5.41) is 6.80. The summed E-state index contributed by atoms with van der Waals surface area (Å²) in [6.45, 7) is 0.400. The molecule has 2 fully saturated rings. The van der Waals surface area contributed by atoms with Crippen LogP contribution in [-0.2, 0) is 16.1 Å². The van der Waals surface area contributed by atoms with Crippen molar-refractivity contribution in [3.8, 4) is 11.5 Å². The van der Waals surface area contributed by atoms with Gasteiger partial charge < -0.3 is 29.9 Å². The number of methoxy groups -OCH3 is 2. The number of nitrogens with one attached hydrogen (secondary N) is 2. The Kier molecular flexibility index (Phi) is 9.72. The van der Waals surface area contributed by atoms with Gasteiger partial charge in [0.2, 0.25) is 5.91 Å². The standard InChI is InChI=1S/C32H35FN4O4S2/c1-40-24-12-13-26(28(18-24)41-2)34-30(39)32(14-16-43-17-15-32)37(19-23-10-6-7-11-25(23)33)29(38)21-36-20-27(35-31(36)42)22-8-4-3-5-9-22/h3-13,18,27H,14-17,19-21H2,1-2H3,(H,34,39)(H,35,42). The van der Waals surface area contributed by atoms with Crippen LogP contribution in [0.25, 0.3) is 0 Å². The van der Waals surface area contributed by atoms with E-state index in [0.29, 0.717) is 58.8 Å². The minimum atomic E-state index is -1.22. The van der Waals surface area contributed by atoms with Crippen LogP contribution >= 0.6 is 24.0 Å². The Hall–Kier alpha value is -3.83. The number of amides is 2. The Labute approximate surface area is 260 Å². The van der Waals surface area contributed by atoms with Crippen molar-refractivity contribution in [3.05, 3.63) is 89.7 Å². The number of rotatable bonds is 10. The fraction of sp³-hybridized carbons (Fsp3) is 0.344. The van der Waals surface area contributed by atoms with Crippen LogP contribution in [0.4, 0.5) is 10.1 Å². The fourth-order valence-corrected chi connectivity index (χ4v) is 7.04. The molecule has 2 heterocycles. The molecule has 0 radical (unpaired) electrons. The van der Waals surface area contributed by atoms with Gasteiger partial charge in [0.05, 0.1) is 32.5 Å². The molecular formula is C32H35FN4O4S2. The maximum atomic E-state index is 15.0. The molecule has 0 saturated carbocycles. The second-order valence-electron chi connectivity index (χ2n) is 10.5. The first kappa shape index (κ1) is 30.6. The normalized spacial score (nSPS) is 17.6. The molecule has 0 aromatic heterocycles. The molecule has 2 N–H and O–H groups in total. The largest absolute Gasteiger partial charge is 0.497 e. The van der Waals surface area contributed by atoms with Gasteiger partial charge in [-0.3, -0.25) is 9.59 Å². The van der Waals surface area contributed by atoms with Crippen LogP contribution in [0.15, 0.2) is 72.8 Å². The molecular weight excluding hydrogens is 588 g/mol. The summed E-state index contributed by atoms with van der Waals surface area (Å²) in [6, 6.07) is 21.3. The van der Waals surface area contributed by atoms with E-state index in [-0.39, 0.29) is 30.9 Å². The molecule has 11 heteroatoms. The lowest BCUT2D eigenvalue weighted by Crippen LogP contribution is -2.62. The van der Waals surface area contributed by atoms with Crippen LogP contribution < -0.4 is 20.1 Å². The van der Waals surface area contributed by atoms with Crippen LogP contribution in [-0.4, -0.2) is 71.1 Å². The van der Waals surface area contributed by atoms with E-state index in [4.69, 9.17) is 21.7 Å². The highest BCUT2D eigenvalue weighted by Crippen LogP contribution is 2.37. The van der Waals surface area contributed by atoms with Gasteiger partial charge in [-0.15, -0.1) is 0 Å². The molecule has 2 aliphatic rings. The quantitative estimate of drug-likeness (QED) is 0.306. The molecule has 2 amide bonds. The van der Waals surface area contributed by atoms with Gasteiger partial charge in [-0.05, 0) is 60.3 Å². The second kappa shape index (κ2) is 13.6. The van der Waals surface area contributed by atoms with E-state index in [2.05, 4.69) is 10.6 Å². The first-order valence-electron chi connectivity index (χ1n) is 14.1. The van der Waals surface area contributed by atoms with Crippen molar-refractivity contribution in [3.63, 3.8) is 0 Å². The van der Waals surface area contributed by atoms with E-state index in [9.17, 15) is 9.59 Å². The number of carbonyl (C=O) groups excluding carboxylic acids is 2. The Bertz CT molecular complexity index is 1470. The minimum absolute atomic E-state index is 0.0440. The third kappa shape index (κ3) is 6.73. The van der Waals surface area contributed by atoms with Gasteiger partial charge >= 0.3 is 0 Å². The smallest absolute Gasteiger partial charge is 0.250 e. The van der Waals surface area contributed by atoms with Crippen molar-refractivity contribution in [1.82, 2.24) is 15.1 Å². The van der Waals surface area contributed by atoms with Gasteiger partial charge in [0, 0.05) is 24.7 Å². The molecule has 1 unspecified atom stereocenters. The third-order valence-corrected chi connectivity index (χ3v) is 9.38. The summed E-state index contributed by atoms with van der Waals surface area (Å²) < 4.78 is 25.8. The summed E-state index contributed by atoms with van der Waals surface area (Å²) in [6.07, 6.45) is 0.828. The van der Waals surface area contributed by atoms with Crippen LogP contribution in [0, 0.1) is 5.82 Å². The summed E-state index contributed by atoms with van der Waals surface area (Å²) in [5.41, 5.74) is 0.646. The van der Waals surface area contributed by atoms with E-state index in [1.807, 2.05) is 35.2 Å². The molecule has 0 bridgehead atoms. The van der Waals surface area contributed by atoms with Crippen molar-refractivity contribution >= 4 is 46.6 Å². The fourth-order valence-electron chi connectivity index (χ4n) is 5.59. The van der Waals surface area contributed by atoms with Gasteiger partial charge in [-0.1, -0.05) is 48.5 Å². The molecule has 2 aliphatic heterocycles. The van der Waals surface area contributed by atoms with Gasteiger partial charge in [-0.2, -0.15) is 11.8 Å². The first-order valence-corrected chi connectivity index (χ1v) is 15.7. The van der Waals surface area contributed by atoms with Crippen LogP contribution in [0.3, 0.4) is 0 Å². The number of hydrogen-bond donors (Lipinski definition) is 2. The molecule has 5 rings (SSSR count). The van der Waals surface area contributed by atoms with E-state index >= 15 is 4.39 Å². The molecule has 2 saturated heterocycles. The van der Waals surface area contributed by atoms with E-state index < -0.39 is 11.4 Å². The maximum absolute atomic E-state index is 15.0. The maximum Gasteiger partial charge on any atom is 0.250 e. The molecule has 0 spiro atoms. The Morgan fingerprint density at radius 2 is 1.79 bits per heavy atom. The predicted octanol–water partition coefficient (Wildman–Crippen LogP) is 5.01. The molecule has 226 valence electrons. The first-order chi connectivity index (χ1) is 20.8. The summed E-state index contributed by atoms with van der Waals surface area (Å²) in [4.78, 5) is 32.0. The Balaban J connectivity index is 1.46. The predicted molar refractivity (Wildman–Crippen MR) is 171 cm³/mol. The number of hydrogen-bond acceptors (Lipinski definition) is 6. The monoisotopic (exact) mass is 622 g/mol. The lowest BCUT2D eigenvalue weighted by Gasteiger charge is -2.45. The van der Waals surface area contributed by atoms with Gasteiger partial charge in [0.1, 0.15) is 22.9 Å². The highest BCUT2D eigenvalue weighted by molar-refractivity contribution is 7.99.